The van der Waals surface area contributed by atoms with Crippen LogP contribution in [0.5, 0.6) is 11.5 Å². The Labute approximate surface area is 141 Å². The van der Waals surface area contributed by atoms with Crippen LogP contribution in [0.15, 0.2) is 18.2 Å². The topological polar surface area (TPSA) is 55.7 Å². The Balaban J connectivity index is 1.29. The summed E-state index contributed by atoms with van der Waals surface area (Å²) in [6.45, 7) is 7.58. The van der Waals surface area contributed by atoms with Crippen LogP contribution in [0.1, 0.15) is 5.56 Å². The number of hydrogen-bond donors (Lipinski definition) is 1. The van der Waals surface area contributed by atoms with Crippen molar-refractivity contribution in [3.8, 4) is 11.5 Å². The molecule has 1 aromatic rings. The van der Waals surface area contributed by atoms with E-state index in [1.807, 2.05) is 15.9 Å². The first-order valence-electron chi connectivity index (χ1n) is 8.63. The Hall–Kier alpha value is -1.99. The Morgan fingerprint density at radius 2 is 1.71 bits per heavy atom. The van der Waals surface area contributed by atoms with Crippen LogP contribution in [0.4, 0.5) is 4.79 Å². The monoisotopic (exact) mass is 334 g/mol. The maximum Gasteiger partial charge on any atom is 0.320 e. The highest BCUT2D eigenvalue weighted by atomic mass is 16.7. The van der Waals surface area contributed by atoms with Gasteiger partial charge < -0.3 is 28.9 Å². The molecule has 24 heavy (non-hydrogen) atoms. The molecule has 4 rings (SSSR count). The lowest BCUT2D eigenvalue weighted by molar-refractivity contribution is -0.917. The molecule has 130 valence electrons. The molecule has 3 aliphatic rings. The van der Waals surface area contributed by atoms with Gasteiger partial charge in [-0.25, -0.2) is 4.79 Å². The van der Waals surface area contributed by atoms with Crippen molar-refractivity contribution in [2.75, 3.05) is 59.3 Å². The molecule has 0 atom stereocenters. The summed E-state index contributed by atoms with van der Waals surface area (Å²) in [5.41, 5.74) is 1.25. The maximum absolute atomic E-state index is 12.5. The zero-order chi connectivity index (χ0) is 16.4. The van der Waals surface area contributed by atoms with E-state index in [9.17, 15) is 4.79 Å². The molecule has 7 nitrogen and oxygen atoms in total. The molecule has 2 fully saturated rings. The summed E-state index contributed by atoms with van der Waals surface area (Å²) < 4.78 is 16.1. The first kappa shape index (κ1) is 15.5. The molecule has 7 heteroatoms. The molecule has 0 aromatic heterocycles. The van der Waals surface area contributed by atoms with Gasteiger partial charge in [-0.05, 0) is 18.2 Å². The molecule has 0 unspecified atom stereocenters. The molecule has 0 radical (unpaired) electrons. The highest BCUT2D eigenvalue weighted by Crippen LogP contribution is 2.32. The van der Waals surface area contributed by atoms with Crippen LogP contribution in [0.2, 0.25) is 0 Å². The number of nitrogens with one attached hydrogen (secondary N) is 1. The van der Waals surface area contributed by atoms with E-state index in [-0.39, 0.29) is 6.03 Å². The summed E-state index contributed by atoms with van der Waals surface area (Å²) in [5, 5.41) is 0. The number of fused-ring (bicyclic) bond motifs is 1. The Kier molecular flexibility index (Phi) is 4.44. The van der Waals surface area contributed by atoms with E-state index in [4.69, 9.17) is 14.2 Å². The molecule has 2 amide bonds. The molecule has 3 aliphatic heterocycles. The number of carbonyl (C=O) groups is 1. The second-order valence-corrected chi connectivity index (χ2v) is 6.48. The third kappa shape index (κ3) is 3.27. The Bertz CT molecular complexity index is 595. The fourth-order valence-corrected chi connectivity index (χ4v) is 3.49. The van der Waals surface area contributed by atoms with Gasteiger partial charge in [0.25, 0.3) is 0 Å². The number of carbonyl (C=O) groups excluding carboxylic acids is 1. The van der Waals surface area contributed by atoms with Crippen LogP contribution in [0, 0.1) is 0 Å². The van der Waals surface area contributed by atoms with E-state index in [0.717, 1.165) is 44.2 Å². The Morgan fingerprint density at radius 1 is 1.00 bits per heavy atom. The molecule has 0 aliphatic carbocycles. The molecule has 2 saturated heterocycles. The van der Waals surface area contributed by atoms with Crippen LogP contribution in [0.3, 0.4) is 0 Å². The van der Waals surface area contributed by atoms with Crippen molar-refractivity contribution in [1.29, 1.82) is 0 Å². The minimum Gasteiger partial charge on any atom is -0.454 e. The van der Waals surface area contributed by atoms with Gasteiger partial charge >= 0.3 is 6.03 Å². The molecular weight excluding hydrogens is 310 g/mol. The second-order valence-electron chi connectivity index (χ2n) is 6.48. The molecule has 0 saturated carbocycles. The van der Waals surface area contributed by atoms with Crippen molar-refractivity contribution in [2.45, 2.75) is 6.54 Å². The molecule has 1 aromatic carbocycles. The third-order valence-corrected chi connectivity index (χ3v) is 4.91. The lowest BCUT2D eigenvalue weighted by Crippen LogP contribution is -3.13. The van der Waals surface area contributed by atoms with E-state index in [0.29, 0.717) is 33.1 Å². The quantitative estimate of drug-likeness (QED) is 0.797. The van der Waals surface area contributed by atoms with Gasteiger partial charge in [0.1, 0.15) is 6.54 Å². The number of quaternary nitrogens is 1. The first-order valence-corrected chi connectivity index (χ1v) is 8.63. The zero-order valence-corrected chi connectivity index (χ0v) is 13.8. The van der Waals surface area contributed by atoms with E-state index >= 15 is 0 Å². The number of hydrogen-bond acceptors (Lipinski definition) is 4. The summed E-state index contributed by atoms with van der Waals surface area (Å²) in [4.78, 5) is 17.9. The van der Waals surface area contributed by atoms with Gasteiger partial charge in [-0.3, -0.25) is 0 Å². The molecule has 3 heterocycles. The van der Waals surface area contributed by atoms with Crippen molar-refractivity contribution >= 4 is 6.03 Å². The largest absolute Gasteiger partial charge is 0.454 e. The van der Waals surface area contributed by atoms with Crippen LogP contribution in [-0.4, -0.2) is 75.1 Å². The number of morpholine rings is 1. The normalized spacial score (nSPS) is 21.2. The number of rotatable bonds is 2. The molecule has 1 N–H and O–H groups in total. The summed E-state index contributed by atoms with van der Waals surface area (Å²) in [6, 6.07) is 6.32. The minimum absolute atomic E-state index is 0.167. The van der Waals surface area contributed by atoms with Crippen LogP contribution >= 0.6 is 0 Å². The smallest absolute Gasteiger partial charge is 0.320 e. The minimum atomic E-state index is 0.167. The average molecular weight is 334 g/mol. The van der Waals surface area contributed by atoms with Gasteiger partial charge in [0, 0.05) is 18.7 Å². The zero-order valence-electron chi connectivity index (χ0n) is 13.8. The summed E-state index contributed by atoms with van der Waals surface area (Å²) >= 11 is 0. The van der Waals surface area contributed by atoms with Crippen LogP contribution in [0.25, 0.3) is 0 Å². The molecule has 0 bridgehead atoms. The number of amides is 2. The highest BCUT2D eigenvalue weighted by Gasteiger charge is 2.28. The van der Waals surface area contributed by atoms with Gasteiger partial charge in [0.2, 0.25) is 6.79 Å². The van der Waals surface area contributed by atoms with Gasteiger partial charge in [-0.15, -0.1) is 0 Å². The van der Waals surface area contributed by atoms with Crippen LogP contribution in [-0.2, 0) is 11.3 Å². The second kappa shape index (κ2) is 6.86. The van der Waals surface area contributed by atoms with E-state index in [2.05, 4.69) is 12.1 Å². The van der Waals surface area contributed by atoms with Crippen molar-refractivity contribution in [1.82, 2.24) is 9.80 Å². The van der Waals surface area contributed by atoms with E-state index in [1.165, 1.54) is 10.5 Å². The van der Waals surface area contributed by atoms with E-state index < -0.39 is 0 Å². The SMILES string of the molecule is O=C(N1CCOCC1)N1CC[NH+](Cc2ccc3c(c2)OCO3)CC1. The van der Waals surface area contributed by atoms with Crippen LogP contribution < -0.4 is 14.4 Å². The van der Waals surface area contributed by atoms with Crippen molar-refractivity contribution < 1.29 is 23.9 Å². The van der Waals surface area contributed by atoms with Crippen molar-refractivity contribution in [2.24, 2.45) is 0 Å². The predicted octanol–water partition coefficient (Wildman–Crippen LogP) is -0.432. The van der Waals surface area contributed by atoms with Gasteiger partial charge in [-0.1, -0.05) is 0 Å². The number of ether oxygens (including phenoxy) is 3. The summed E-state index contributed by atoms with van der Waals surface area (Å²) in [6.07, 6.45) is 0. The maximum atomic E-state index is 12.5. The standard InChI is InChI=1S/C17H23N3O4/c21-17(20-7-9-22-10-8-20)19-5-3-18(4-6-19)12-14-1-2-15-16(11-14)24-13-23-15/h1-2,11H,3-10,12-13H2/p+1. The summed E-state index contributed by atoms with van der Waals surface area (Å²) in [5.74, 6) is 1.67. The summed E-state index contributed by atoms with van der Waals surface area (Å²) in [7, 11) is 0. The molecule has 0 spiro atoms. The third-order valence-electron chi connectivity index (χ3n) is 4.91. The van der Waals surface area contributed by atoms with Gasteiger partial charge in [-0.2, -0.15) is 0 Å². The molecular formula is C17H24N3O4+. The predicted molar refractivity (Wildman–Crippen MR) is 86.3 cm³/mol. The van der Waals surface area contributed by atoms with Gasteiger partial charge in [0.05, 0.1) is 39.4 Å². The first-order chi connectivity index (χ1) is 11.8. The number of urea groups is 1. The van der Waals surface area contributed by atoms with Crippen molar-refractivity contribution in [3.05, 3.63) is 23.8 Å². The van der Waals surface area contributed by atoms with E-state index in [1.54, 1.807) is 0 Å². The number of piperazine rings is 1. The fourth-order valence-electron chi connectivity index (χ4n) is 3.49. The van der Waals surface area contributed by atoms with Crippen molar-refractivity contribution in [3.63, 3.8) is 0 Å². The average Bonchev–Trinajstić information content (AvgIpc) is 3.10. The highest BCUT2D eigenvalue weighted by molar-refractivity contribution is 5.74. The lowest BCUT2D eigenvalue weighted by atomic mass is 10.1. The fraction of sp³-hybridized carbons (Fsp3) is 0.588. The van der Waals surface area contributed by atoms with Gasteiger partial charge in [0.15, 0.2) is 11.5 Å². The lowest BCUT2D eigenvalue weighted by Gasteiger charge is -2.36. The number of nitrogens with zero attached hydrogens (tertiary/aromatic N) is 2. The Morgan fingerprint density at radius 3 is 2.50 bits per heavy atom. The number of benzene rings is 1.